The fourth-order valence-electron chi connectivity index (χ4n) is 4.36. The SMILES string of the molecule is CCc1cc(=O)oc2cc(C)cc(OC(C)C(=O)N3CCC(c4nncn4C)CC3)c12. The van der Waals surface area contributed by atoms with Crippen LogP contribution in [-0.2, 0) is 18.3 Å². The van der Waals surface area contributed by atoms with Crippen LogP contribution in [0.1, 0.15) is 49.6 Å². The second-order valence-electron chi connectivity index (χ2n) is 8.24. The third kappa shape index (κ3) is 4.19. The predicted molar refractivity (Wildman–Crippen MR) is 116 cm³/mol. The smallest absolute Gasteiger partial charge is 0.336 e. The molecule has 1 aliphatic heterocycles. The number of hydrogen-bond acceptors (Lipinski definition) is 6. The van der Waals surface area contributed by atoms with Crippen LogP contribution in [0, 0.1) is 6.92 Å². The largest absolute Gasteiger partial charge is 0.480 e. The molecule has 31 heavy (non-hydrogen) atoms. The number of aromatic nitrogens is 3. The lowest BCUT2D eigenvalue weighted by Crippen LogP contribution is -2.44. The molecule has 1 aromatic carbocycles. The third-order valence-corrected chi connectivity index (χ3v) is 5.98. The maximum Gasteiger partial charge on any atom is 0.336 e. The number of nitrogens with zero attached hydrogens (tertiary/aromatic N) is 4. The second kappa shape index (κ2) is 8.53. The summed E-state index contributed by atoms with van der Waals surface area (Å²) in [4.78, 5) is 26.8. The van der Waals surface area contributed by atoms with Crippen LogP contribution < -0.4 is 10.4 Å². The minimum Gasteiger partial charge on any atom is -0.480 e. The normalized spacial score (nSPS) is 15.9. The van der Waals surface area contributed by atoms with Gasteiger partial charge in [0, 0.05) is 32.1 Å². The number of ether oxygens (including phenoxy) is 1. The summed E-state index contributed by atoms with van der Waals surface area (Å²) >= 11 is 0. The molecule has 1 unspecified atom stereocenters. The summed E-state index contributed by atoms with van der Waals surface area (Å²) in [5.41, 5.74) is 1.87. The Morgan fingerprint density at radius 2 is 2.03 bits per heavy atom. The number of carbonyl (C=O) groups is 1. The van der Waals surface area contributed by atoms with E-state index in [4.69, 9.17) is 9.15 Å². The highest BCUT2D eigenvalue weighted by Gasteiger charge is 2.29. The average molecular weight is 425 g/mol. The Hall–Kier alpha value is -3.16. The third-order valence-electron chi connectivity index (χ3n) is 5.98. The highest BCUT2D eigenvalue weighted by atomic mass is 16.5. The first-order valence-corrected chi connectivity index (χ1v) is 10.7. The van der Waals surface area contributed by atoms with Crippen LogP contribution in [0.3, 0.4) is 0 Å². The van der Waals surface area contributed by atoms with Gasteiger partial charge in [-0.2, -0.15) is 0 Å². The summed E-state index contributed by atoms with van der Waals surface area (Å²) in [7, 11) is 1.95. The van der Waals surface area contributed by atoms with E-state index < -0.39 is 6.10 Å². The van der Waals surface area contributed by atoms with Crippen molar-refractivity contribution in [3.05, 3.63) is 51.9 Å². The maximum atomic E-state index is 13.1. The van der Waals surface area contributed by atoms with Crippen LogP contribution in [0.15, 0.2) is 33.7 Å². The van der Waals surface area contributed by atoms with Gasteiger partial charge in [0.1, 0.15) is 23.5 Å². The molecule has 0 N–H and O–H groups in total. The van der Waals surface area contributed by atoms with Gasteiger partial charge in [-0.1, -0.05) is 6.92 Å². The van der Waals surface area contributed by atoms with E-state index in [1.807, 2.05) is 42.5 Å². The van der Waals surface area contributed by atoms with E-state index >= 15 is 0 Å². The lowest BCUT2D eigenvalue weighted by molar-refractivity contribution is -0.139. The molecule has 1 saturated heterocycles. The standard InChI is InChI=1S/C23H28N4O4/c1-5-16-12-20(28)31-19-11-14(2)10-18(21(16)19)30-15(3)23(29)27-8-6-17(7-9-27)22-25-24-13-26(22)4/h10-13,15,17H,5-9H2,1-4H3. The van der Waals surface area contributed by atoms with Crippen LogP contribution in [0.25, 0.3) is 11.0 Å². The van der Waals surface area contributed by atoms with Crippen molar-refractivity contribution in [2.45, 2.75) is 52.1 Å². The lowest BCUT2D eigenvalue weighted by atomic mass is 9.95. The number of benzene rings is 1. The van der Waals surface area contributed by atoms with Gasteiger partial charge in [-0.3, -0.25) is 4.79 Å². The Bertz CT molecular complexity index is 1160. The van der Waals surface area contributed by atoms with Gasteiger partial charge >= 0.3 is 5.63 Å². The summed E-state index contributed by atoms with van der Waals surface area (Å²) in [5.74, 6) is 1.81. The van der Waals surface area contributed by atoms with Crippen LogP contribution in [0.5, 0.6) is 5.75 Å². The van der Waals surface area contributed by atoms with Crippen molar-refractivity contribution < 1.29 is 13.9 Å². The number of aryl methyl sites for hydroxylation is 3. The molecule has 0 bridgehead atoms. The zero-order chi connectivity index (χ0) is 22.1. The maximum absolute atomic E-state index is 13.1. The number of fused-ring (bicyclic) bond motifs is 1. The zero-order valence-electron chi connectivity index (χ0n) is 18.4. The fourth-order valence-corrected chi connectivity index (χ4v) is 4.36. The van der Waals surface area contributed by atoms with Crippen molar-refractivity contribution in [1.82, 2.24) is 19.7 Å². The molecule has 0 radical (unpaired) electrons. The number of piperidine rings is 1. The fraction of sp³-hybridized carbons (Fsp3) is 0.478. The molecular formula is C23H28N4O4. The molecule has 0 aliphatic carbocycles. The molecule has 0 saturated carbocycles. The number of amides is 1. The van der Waals surface area contributed by atoms with E-state index in [9.17, 15) is 9.59 Å². The molecule has 3 heterocycles. The molecule has 1 atom stereocenters. The van der Waals surface area contributed by atoms with Crippen LogP contribution in [0.2, 0.25) is 0 Å². The van der Waals surface area contributed by atoms with Gasteiger partial charge < -0.3 is 18.6 Å². The average Bonchev–Trinajstić information content (AvgIpc) is 3.18. The summed E-state index contributed by atoms with van der Waals surface area (Å²) in [6, 6.07) is 5.21. The van der Waals surface area contributed by atoms with Crippen molar-refractivity contribution in [3.63, 3.8) is 0 Å². The second-order valence-corrected chi connectivity index (χ2v) is 8.24. The van der Waals surface area contributed by atoms with Gasteiger partial charge in [0.05, 0.1) is 5.39 Å². The Morgan fingerprint density at radius 1 is 1.29 bits per heavy atom. The van der Waals surface area contributed by atoms with E-state index in [0.29, 0.717) is 36.8 Å². The molecule has 1 amide bonds. The van der Waals surface area contributed by atoms with Crippen LogP contribution in [0.4, 0.5) is 0 Å². The Labute approximate surface area is 180 Å². The van der Waals surface area contributed by atoms with Gasteiger partial charge in [-0.25, -0.2) is 4.79 Å². The summed E-state index contributed by atoms with van der Waals surface area (Å²) in [6.07, 6.45) is 3.43. The van der Waals surface area contributed by atoms with E-state index in [0.717, 1.165) is 35.2 Å². The van der Waals surface area contributed by atoms with Gasteiger partial charge in [0.2, 0.25) is 0 Å². The molecule has 0 spiro atoms. The lowest BCUT2D eigenvalue weighted by Gasteiger charge is -2.33. The minimum absolute atomic E-state index is 0.0403. The Balaban J connectivity index is 1.50. The number of hydrogen-bond donors (Lipinski definition) is 0. The minimum atomic E-state index is -0.645. The molecule has 4 rings (SSSR count). The van der Waals surface area contributed by atoms with E-state index in [1.165, 1.54) is 6.07 Å². The molecule has 164 valence electrons. The molecule has 1 aliphatic rings. The van der Waals surface area contributed by atoms with Crippen molar-refractivity contribution in [3.8, 4) is 5.75 Å². The summed E-state index contributed by atoms with van der Waals surface area (Å²) < 4.78 is 13.5. The Kier molecular flexibility index (Phi) is 5.80. The van der Waals surface area contributed by atoms with E-state index in [1.54, 1.807) is 13.3 Å². The van der Waals surface area contributed by atoms with Crippen molar-refractivity contribution >= 4 is 16.9 Å². The molecule has 1 fully saturated rings. The summed E-state index contributed by atoms with van der Waals surface area (Å²) in [6.45, 7) is 6.99. The molecule has 8 heteroatoms. The molecule has 8 nitrogen and oxygen atoms in total. The van der Waals surface area contributed by atoms with Gasteiger partial charge in [0.25, 0.3) is 5.91 Å². The quantitative estimate of drug-likeness (QED) is 0.585. The number of likely N-dealkylation sites (tertiary alicyclic amines) is 1. The monoisotopic (exact) mass is 424 g/mol. The molecular weight excluding hydrogens is 396 g/mol. The van der Waals surface area contributed by atoms with Gasteiger partial charge in [0.15, 0.2) is 6.10 Å². The topological polar surface area (TPSA) is 90.5 Å². The highest BCUT2D eigenvalue weighted by Crippen LogP contribution is 2.32. The first-order valence-electron chi connectivity index (χ1n) is 10.7. The number of rotatable bonds is 5. The Morgan fingerprint density at radius 3 is 2.68 bits per heavy atom. The van der Waals surface area contributed by atoms with Crippen molar-refractivity contribution in [2.24, 2.45) is 7.05 Å². The number of carbonyl (C=O) groups excluding carboxylic acids is 1. The van der Waals surface area contributed by atoms with Crippen molar-refractivity contribution in [2.75, 3.05) is 13.1 Å². The predicted octanol–water partition coefficient (Wildman–Crippen LogP) is 2.97. The van der Waals surface area contributed by atoms with Gasteiger partial charge in [-0.05, 0) is 56.4 Å². The first-order chi connectivity index (χ1) is 14.9. The molecule has 3 aromatic rings. The zero-order valence-corrected chi connectivity index (χ0v) is 18.4. The first kappa shape index (κ1) is 21.1. The van der Waals surface area contributed by atoms with E-state index in [-0.39, 0.29) is 11.5 Å². The molecule has 2 aromatic heterocycles. The van der Waals surface area contributed by atoms with Crippen molar-refractivity contribution in [1.29, 1.82) is 0 Å². The van der Waals surface area contributed by atoms with Crippen LogP contribution in [-0.4, -0.2) is 44.8 Å². The van der Waals surface area contributed by atoms with E-state index in [2.05, 4.69) is 10.2 Å². The highest BCUT2D eigenvalue weighted by molar-refractivity contribution is 5.88. The summed E-state index contributed by atoms with van der Waals surface area (Å²) in [5, 5.41) is 8.93. The van der Waals surface area contributed by atoms with Gasteiger partial charge in [-0.15, -0.1) is 10.2 Å². The van der Waals surface area contributed by atoms with Crippen LogP contribution >= 0.6 is 0 Å².